The van der Waals surface area contributed by atoms with Crippen LogP contribution in [0, 0.1) is 11.6 Å². The lowest BCUT2D eigenvalue weighted by atomic mass is 9.73. The van der Waals surface area contributed by atoms with Crippen LogP contribution in [0.15, 0.2) is 48.5 Å². The van der Waals surface area contributed by atoms with E-state index >= 15 is 0 Å². The Hall–Kier alpha value is -2.23. The zero-order valence-corrected chi connectivity index (χ0v) is 11.6. The van der Waals surface area contributed by atoms with Gasteiger partial charge in [0.05, 0.1) is 6.04 Å². The summed E-state index contributed by atoms with van der Waals surface area (Å²) in [4.78, 5) is 11.9. The Kier molecular flexibility index (Phi) is 3.24. The molecule has 0 aliphatic carbocycles. The molecule has 3 rings (SSSR count). The fraction of sp³-hybridized carbons (Fsp3) is 0.235. The summed E-state index contributed by atoms with van der Waals surface area (Å²) in [5.41, 5.74) is 0.969. The fourth-order valence-electron chi connectivity index (χ4n) is 3.02. The molecule has 2 atom stereocenters. The SMILES string of the molecule is CC1(c2ccc(F)c(F)c2)CC(=O)NC1c1ccccc1. The highest BCUT2D eigenvalue weighted by Gasteiger charge is 2.45. The molecule has 0 aromatic heterocycles. The molecule has 1 heterocycles. The Labute approximate surface area is 121 Å². The molecule has 1 amide bonds. The number of hydrogen-bond acceptors (Lipinski definition) is 1. The van der Waals surface area contributed by atoms with E-state index in [1.54, 1.807) is 6.07 Å². The molecule has 1 aliphatic rings. The molecule has 0 radical (unpaired) electrons. The summed E-state index contributed by atoms with van der Waals surface area (Å²) in [5.74, 6) is -1.85. The van der Waals surface area contributed by atoms with Crippen LogP contribution in [0.3, 0.4) is 0 Å². The smallest absolute Gasteiger partial charge is 0.221 e. The molecule has 2 aromatic carbocycles. The van der Waals surface area contributed by atoms with Gasteiger partial charge in [0, 0.05) is 11.8 Å². The van der Waals surface area contributed by atoms with Crippen LogP contribution < -0.4 is 5.32 Å². The third-order valence-corrected chi connectivity index (χ3v) is 4.18. The van der Waals surface area contributed by atoms with Crippen LogP contribution >= 0.6 is 0 Å². The first-order valence-electron chi connectivity index (χ1n) is 6.80. The molecule has 0 bridgehead atoms. The topological polar surface area (TPSA) is 29.1 Å². The van der Waals surface area contributed by atoms with Gasteiger partial charge in [0.15, 0.2) is 11.6 Å². The number of amides is 1. The summed E-state index contributed by atoms with van der Waals surface area (Å²) >= 11 is 0. The molecular weight excluding hydrogens is 272 g/mol. The van der Waals surface area contributed by atoms with E-state index in [-0.39, 0.29) is 18.4 Å². The van der Waals surface area contributed by atoms with Crippen molar-refractivity contribution in [3.63, 3.8) is 0 Å². The van der Waals surface area contributed by atoms with E-state index in [0.29, 0.717) is 5.56 Å². The van der Waals surface area contributed by atoms with Crippen LogP contribution in [0.1, 0.15) is 30.5 Å². The molecule has 0 saturated carbocycles. The van der Waals surface area contributed by atoms with Crippen molar-refractivity contribution in [2.45, 2.75) is 24.8 Å². The Balaban J connectivity index is 2.08. The van der Waals surface area contributed by atoms with Crippen LogP contribution in [0.5, 0.6) is 0 Å². The van der Waals surface area contributed by atoms with Crippen LogP contribution in [-0.2, 0) is 10.2 Å². The zero-order valence-electron chi connectivity index (χ0n) is 11.6. The van der Waals surface area contributed by atoms with Crippen molar-refractivity contribution in [2.75, 3.05) is 0 Å². The van der Waals surface area contributed by atoms with Gasteiger partial charge < -0.3 is 5.32 Å². The molecule has 21 heavy (non-hydrogen) atoms. The summed E-state index contributed by atoms with van der Waals surface area (Å²) in [6.45, 7) is 1.90. The van der Waals surface area contributed by atoms with Crippen molar-refractivity contribution in [2.24, 2.45) is 0 Å². The summed E-state index contributed by atoms with van der Waals surface area (Å²) in [7, 11) is 0. The van der Waals surface area contributed by atoms with Gasteiger partial charge in [0.2, 0.25) is 5.91 Å². The predicted molar refractivity (Wildman–Crippen MR) is 75.7 cm³/mol. The molecule has 4 heteroatoms. The molecule has 1 fully saturated rings. The number of rotatable bonds is 2. The molecule has 108 valence electrons. The second-order valence-corrected chi connectivity index (χ2v) is 5.63. The van der Waals surface area contributed by atoms with Crippen molar-refractivity contribution in [1.82, 2.24) is 5.32 Å². The molecule has 1 aliphatic heterocycles. The van der Waals surface area contributed by atoms with E-state index in [0.717, 1.165) is 11.6 Å². The number of hydrogen-bond donors (Lipinski definition) is 1. The molecule has 2 nitrogen and oxygen atoms in total. The fourth-order valence-corrected chi connectivity index (χ4v) is 3.02. The molecule has 0 spiro atoms. The van der Waals surface area contributed by atoms with E-state index < -0.39 is 17.0 Å². The zero-order chi connectivity index (χ0) is 15.0. The minimum Gasteiger partial charge on any atom is -0.348 e. The lowest BCUT2D eigenvalue weighted by molar-refractivity contribution is -0.119. The van der Waals surface area contributed by atoms with Gasteiger partial charge in [-0.15, -0.1) is 0 Å². The van der Waals surface area contributed by atoms with Crippen molar-refractivity contribution >= 4 is 5.91 Å². The number of nitrogens with one attached hydrogen (secondary N) is 1. The number of carbonyl (C=O) groups is 1. The van der Waals surface area contributed by atoms with Gasteiger partial charge in [0.25, 0.3) is 0 Å². The second-order valence-electron chi connectivity index (χ2n) is 5.63. The van der Waals surface area contributed by atoms with Gasteiger partial charge in [-0.2, -0.15) is 0 Å². The maximum Gasteiger partial charge on any atom is 0.221 e. The van der Waals surface area contributed by atoms with E-state index in [1.807, 2.05) is 37.3 Å². The van der Waals surface area contributed by atoms with Crippen molar-refractivity contribution in [3.8, 4) is 0 Å². The summed E-state index contributed by atoms with van der Waals surface area (Å²) in [5, 5.41) is 2.94. The Bertz CT molecular complexity index is 686. The van der Waals surface area contributed by atoms with Crippen LogP contribution in [0.4, 0.5) is 8.78 Å². The number of carbonyl (C=O) groups excluding carboxylic acids is 1. The quantitative estimate of drug-likeness (QED) is 0.900. The first-order chi connectivity index (χ1) is 10.0. The molecule has 1 saturated heterocycles. The minimum absolute atomic E-state index is 0.0870. The van der Waals surface area contributed by atoms with Gasteiger partial charge in [-0.1, -0.05) is 43.3 Å². The molecular formula is C17H15F2NO. The standard InChI is InChI=1S/C17H15F2NO/c1-17(12-7-8-13(18)14(19)9-12)10-15(21)20-16(17)11-5-3-2-4-6-11/h2-9,16H,10H2,1H3,(H,20,21). The maximum absolute atomic E-state index is 13.5. The van der Waals surface area contributed by atoms with Gasteiger partial charge >= 0.3 is 0 Å². The van der Waals surface area contributed by atoms with Gasteiger partial charge in [-0.05, 0) is 23.3 Å². The average molecular weight is 287 g/mol. The first-order valence-corrected chi connectivity index (χ1v) is 6.80. The summed E-state index contributed by atoms with van der Waals surface area (Å²) in [6.07, 6.45) is 0.248. The molecule has 2 unspecified atom stereocenters. The first kappa shape index (κ1) is 13.7. The Morgan fingerprint density at radius 2 is 1.81 bits per heavy atom. The van der Waals surface area contributed by atoms with E-state index in [9.17, 15) is 13.6 Å². The van der Waals surface area contributed by atoms with E-state index in [2.05, 4.69) is 5.32 Å². The lowest BCUT2D eigenvalue weighted by Gasteiger charge is -2.31. The number of benzene rings is 2. The van der Waals surface area contributed by atoms with Crippen LogP contribution in [0.2, 0.25) is 0 Å². The summed E-state index contributed by atoms with van der Waals surface area (Å²) < 4.78 is 26.7. The van der Waals surface area contributed by atoms with E-state index in [4.69, 9.17) is 0 Å². The second kappa shape index (κ2) is 4.95. The normalized spacial score (nSPS) is 24.9. The predicted octanol–water partition coefficient (Wildman–Crippen LogP) is 3.48. The minimum atomic E-state index is -0.889. The number of halogens is 2. The highest BCUT2D eigenvalue weighted by molar-refractivity contribution is 5.82. The lowest BCUT2D eigenvalue weighted by Crippen LogP contribution is -2.30. The highest BCUT2D eigenvalue weighted by Crippen LogP contribution is 2.44. The Morgan fingerprint density at radius 3 is 2.48 bits per heavy atom. The van der Waals surface area contributed by atoms with Crippen LogP contribution in [-0.4, -0.2) is 5.91 Å². The Morgan fingerprint density at radius 1 is 1.10 bits per heavy atom. The monoisotopic (exact) mass is 287 g/mol. The third kappa shape index (κ3) is 2.31. The van der Waals surface area contributed by atoms with Crippen LogP contribution in [0.25, 0.3) is 0 Å². The molecule has 2 aromatic rings. The van der Waals surface area contributed by atoms with Gasteiger partial charge in [0.1, 0.15) is 0 Å². The largest absolute Gasteiger partial charge is 0.348 e. The third-order valence-electron chi connectivity index (χ3n) is 4.18. The maximum atomic E-state index is 13.5. The summed E-state index contributed by atoms with van der Waals surface area (Å²) in [6, 6.07) is 13.1. The van der Waals surface area contributed by atoms with E-state index in [1.165, 1.54) is 6.07 Å². The van der Waals surface area contributed by atoms with Crippen molar-refractivity contribution < 1.29 is 13.6 Å². The highest BCUT2D eigenvalue weighted by atomic mass is 19.2. The molecule has 1 N–H and O–H groups in total. The average Bonchev–Trinajstić information content (AvgIpc) is 2.79. The van der Waals surface area contributed by atoms with Crippen molar-refractivity contribution in [3.05, 3.63) is 71.3 Å². The van der Waals surface area contributed by atoms with Gasteiger partial charge in [-0.25, -0.2) is 8.78 Å². The van der Waals surface area contributed by atoms with Gasteiger partial charge in [-0.3, -0.25) is 4.79 Å². The van der Waals surface area contributed by atoms with Crippen molar-refractivity contribution in [1.29, 1.82) is 0 Å².